The SMILES string of the molecule is O=P([O-])([O-])[O-].[Al+3].[Mg+2]. The molecule has 0 bridgehead atoms. The van der Waals surface area contributed by atoms with E-state index in [0.717, 1.165) is 0 Å². The first kappa shape index (κ1) is 15.8. The zero-order valence-electron chi connectivity index (χ0n) is 3.36. The topological polar surface area (TPSA) is 86.2 Å². The fraction of sp³-hybridized carbons (Fsp3) is 0. The molecule has 0 aliphatic rings. The molecule has 4 nitrogen and oxygen atoms in total. The molecule has 0 fully saturated rings. The molecule has 0 heterocycles. The van der Waals surface area contributed by atoms with Gasteiger partial charge in [0.1, 0.15) is 0 Å². The Balaban J connectivity index is -0.0000000800. The van der Waals surface area contributed by atoms with Crippen LogP contribution in [0.4, 0.5) is 0 Å². The third kappa shape index (κ3) is 109. The monoisotopic (exact) mass is 146 g/mol. The first-order valence-electron chi connectivity index (χ1n) is 0.730. The third-order valence-corrected chi connectivity index (χ3v) is 0. The summed E-state index contributed by atoms with van der Waals surface area (Å²) in [6, 6.07) is 0. The molecule has 0 rings (SSSR count). The second-order valence-electron chi connectivity index (χ2n) is 0.447. The minimum atomic E-state index is -5.39. The first-order valence-corrected chi connectivity index (χ1v) is 2.19. The van der Waals surface area contributed by atoms with Crippen LogP contribution in [0.15, 0.2) is 0 Å². The summed E-state index contributed by atoms with van der Waals surface area (Å²) in [5, 5.41) is 0. The maximum absolute atomic E-state index is 8.55. The first-order chi connectivity index (χ1) is 2.00. The molecule has 0 aliphatic carbocycles. The molecule has 0 saturated carbocycles. The van der Waals surface area contributed by atoms with Gasteiger partial charge in [-0.3, -0.25) is 0 Å². The standard InChI is InChI=1S/Al.Mg.H3O4P/c;;1-5(2,3)4/h;;(H3,1,2,3,4)/q+3;+2;/p-3. The number of phosphoric acid groups is 1. The summed E-state index contributed by atoms with van der Waals surface area (Å²) in [5.74, 6) is 0. The third-order valence-electron chi connectivity index (χ3n) is 0. The molecule has 0 aliphatic heterocycles. The Morgan fingerprint density at radius 2 is 1.14 bits per heavy atom. The number of hydrogen-bond acceptors (Lipinski definition) is 4. The zero-order chi connectivity index (χ0) is 4.50. The van der Waals surface area contributed by atoms with Crippen molar-refractivity contribution < 1.29 is 19.2 Å². The van der Waals surface area contributed by atoms with Gasteiger partial charge in [0, 0.05) is 0 Å². The van der Waals surface area contributed by atoms with Crippen LogP contribution in [0.25, 0.3) is 0 Å². The number of hydrogen-bond donors (Lipinski definition) is 0. The van der Waals surface area contributed by atoms with Gasteiger partial charge in [-0.2, -0.15) is 7.82 Å². The van der Waals surface area contributed by atoms with Crippen LogP contribution in [-0.4, -0.2) is 40.4 Å². The molecule has 0 atom stereocenters. The predicted molar refractivity (Wildman–Crippen MR) is 19.1 cm³/mol. The van der Waals surface area contributed by atoms with Crippen molar-refractivity contribution in [3.05, 3.63) is 0 Å². The Morgan fingerprint density at radius 3 is 1.14 bits per heavy atom. The summed E-state index contributed by atoms with van der Waals surface area (Å²) < 4.78 is 8.55. The van der Waals surface area contributed by atoms with Crippen molar-refractivity contribution in [2.24, 2.45) is 0 Å². The zero-order valence-corrected chi connectivity index (χ0v) is 6.83. The van der Waals surface area contributed by atoms with Crippen molar-refractivity contribution >= 4 is 48.2 Å². The van der Waals surface area contributed by atoms with E-state index in [2.05, 4.69) is 0 Å². The van der Waals surface area contributed by atoms with Gasteiger partial charge >= 0.3 is 40.4 Å². The molecular formula is AlMgO4P+2. The summed E-state index contributed by atoms with van der Waals surface area (Å²) in [7, 11) is -5.39. The molecule has 0 N–H and O–H groups in total. The summed E-state index contributed by atoms with van der Waals surface area (Å²) in [4.78, 5) is 25.6. The van der Waals surface area contributed by atoms with E-state index in [1.54, 1.807) is 0 Å². The average molecular weight is 146 g/mol. The molecule has 0 spiro atoms. The molecule has 32 valence electrons. The van der Waals surface area contributed by atoms with Gasteiger partial charge in [-0.15, -0.1) is 0 Å². The summed E-state index contributed by atoms with van der Waals surface area (Å²) in [6.07, 6.45) is 0. The van der Waals surface area contributed by atoms with Crippen LogP contribution in [0.5, 0.6) is 0 Å². The molecule has 0 amide bonds. The molecular weight excluding hydrogens is 146 g/mol. The van der Waals surface area contributed by atoms with E-state index < -0.39 is 7.82 Å². The van der Waals surface area contributed by atoms with Gasteiger partial charge in [0.25, 0.3) is 0 Å². The van der Waals surface area contributed by atoms with Crippen molar-refractivity contribution in [2.45, 2.75) is 0 Å². The van der Waals surface area contributed by atoms with Crippen LogP contribution >= 0.6 is 7.82 Å². The molecule has 0 saturated heterocycles. The van der Waals surface area contributed by atoms with Crippen LogP contribution < -0.4 is 14.7 Å². The molecule has 0 unspecified atom stereocenters. The van der Waals surface area contributed by atoms with Crippen LogP contribution in [0.2, 0.25) is 0 Å². The minimum absolute atomic E-state index is 0. The molecule has 7 heavy (non-hydrogen) atoms. The Kier molecular flexibility index (Phi) is 12.5. The molecule has 0 radical (unpaired) electrons. The van der Waals surface area contributed by atoms with Crippen molar-refractivity contribution in [3.63, 3.8) is 0 Å². The Hall–Kier alpha value is 1.41. The van der Waals surface area contributed by atoms with E-state index in [0.29, 0.717) is 0 Å². The minimum Gasteiger partial charge on any atom is -0.822 e. The van der Waals surface area contributed by atoms with E-state index in [-0.39, 0.29) is 40.4 Å². The fourth-order valence-electron chi connectivity index (χ4n) is 0. The van der Waals surface area contributed by atoms with Crippen LogP contribution in [-0.2, 0) is 4.57 Å². The molecule has 0 aromatic carbocycles. The van der Waals surface area contributed by atoms with Gasteiger partial charge in [-0.1, -0.05) is 0 Å². The Bertz CT molecular complexity index is 57.8. The Labute approximate surface area is 67.5 Å². The fourth-order valence-corrected chi connectivity index (χ4v) is 0. The van der Waals surface area contributed by atoms with Gasteiger partial charge in [-0.05, 0) is 0 Å². The maximum Gasteiger partial charge on any atom is 3.00 e. The van der Waals surface area contributed by atoms with Gasteiger partial charge in [-0.25, -0.2) is 0 Å². The van der Waals surface area contributed by atoms with Gasteiger partial charge < -0.3 is 19.2 Å². The van der Waals surface area contributed by atoms with Crippen LogP contribution in [0.3, 0.4) is 0 Å². The van der Waals surface area contributed by atoms with Crippen molar-refractivity contribution in [3.8, 4) is 0 Å². The molecule has 0 aromatic rings. The van der Waals surface area contributed by atoms with Crippen LogP contribution in [0, 0.1) is 0 Å². The second kappa shape index (κ2) is 5.54. The smallest absolute Gasteiger partial charge is 0.822 e. The Morgan fingerprint density at radius 1 is 1.14 bits per heavy atom. The van der Waals surface area contributed by atoms with E-state index >= 15 is 0 Å². The second-order valence-corrected chi connectivity index (χ2v) is 1.34. The van der Waals surface area contributed by atoms with Crippen LogP contribution in [0.1, 0.15) is 0 Å². The van der Waals surface area contributed by atoms with E-state index in [1.165, 1.54) is 0 Å². The number of rotatable bonds is 0. The predicted octanol–water partition coefficient (Wildman–Crippen LogP) is -3.59. The normalized spacial score (nSPS) is 8.43. The molecule has 0 aromatic heterocycles. The van der Waals surface area contributed by atoms with Gasteiger partial charge in [0.15, 0.2) is 0 Å². The summed E-state index contributed by atoms with van der Waals surface area (Å²) in [5.41, 5.74) is 0. The van der Waals surface area contributed by atoms with Crippen molar-refractivity contribution in [2.75, 3.05) is 0 Å². The van der Waals surface area contributed by atoms with E-state index in [9.17, 15) is 0 Å². The quantitative estimate of drug-likeness (QED) is 0.261. The van der Waals surface area contributed by atoms with Gasteiger partial charge in [0.2, 0.25) is 0 Å². The van der Waals surface area contributed by atoms with E-state index in [4.69, 9.17) is 19.2 Å². The summed E-state index contributed by atoms with van der Waals surface area (Å²) in [6.45, 7) is 0. The largest absolute Gasteiger partial charge is 3.00 e. The van der Waals surface area contributed by atoms with E-state index in [1.807, 2.05) is 0 Å². The van der Waals surface area contributed by atoms with Crippen molar-refractivity contribution in [1.29, 1.82) is 0 Å². The average Bonchev–Trinajstić information content (AvgIpc) is 0.722. The van der Waals surface area contributed by atoms with Crippen molar-refractivity contribution in [1.82, 2.24) is 0 Å². The molecule has 7 heteroatoms. The van der Waals surface area contributed by atoms with Gasteiger partial charge in [0.05, 0.1) is 0 Å². The summed E-state index contributed by atoms with van der Waals surface area (Å²) >= 11 is 0. The maximum atomic E-state index is 8.55.